The van der Waals surface area contributed by atoms with E-state index in [2.05, 4.69) is 83.6 Å². The third kappa shape index (κ3) is 3.44. The van der Waals surface area contributed by atoms with Gasteiger partial charge in [0.25, 0.3) is 0 Å². The first-order valence-corrected chi connectivity index (χ1v) is 9.99. The quantitative estimate of drug-likeness (QED) is 0.550. The van der Waals surface area contributed by atoms with Gasteiger partial charge < -0.3 is 5.32 Å². The Bertz CT molecular complexity index is 965. The molecule has 1 aliphatic carbocycles. The van der Waals surface area contributed by atoms with Crippen LogP contribution in [0.15, 0.2) is 77.3 Å². The number of rotatable bonds is 4. The molecule has 2 nitrogen and oxygen atoms in total. The zero-order chi connectivity index (χ0) is 19.0. The maximum atomic E-state index is 13.1. The molecule has 0 radical (unpaired) electrons. The van der Waals surface area contributed by atoms with Crippen molar-refractivity contribution in [1.82, 2.24) is 0 Å². The van der Waals surface area contributed by atoms with Crippen molar-refractivity contribution >= 4 is 27.5 Å². The van der Waals surface area contributed by atoms with Crippen LogP contribution < -0.4 is 5.32 Å². The highest BCUT2D eigenvalue weighted by Gasteiger charge is 2.60. The molecule has 0 heterocycles. The van der Waals surface area contributed by atoms with Gasteiger partial charge in [0.15, 0.2) is 0 Å². The third-order valence-electron chi connectivity index (χ3n) is 5.44. The van der Waals surface area contributed by atoms with Crippen LogP contribution in [0.25, 0.3) is 0 Å². The van der Waals surface area contributed by atoms with Crippen LogP contribution in [0.1, 0.15) is 28.7 Å². The molecule has 3 aromatic rings. The Labute approximate surface area is 168 Å². The topological polar surface area (TPSA) is 29.1 Å². The van der Waals surface area contributed by atoms with Crippen molar-refractivity contribution < 1.29 is 4.79 Å². The summed E-state index contributed by atoms with van der Waals surface area (Å²) in [6.45, 7) is 4.21. The number of nitrogens with one attached hydrogen (secondary N) is 1. The maximum Gasteiger partial charge on any atom is 0.228 e. The van der Waals surface area contributed by atoms with Crippen LogP contribution in [-0.2, 0) is 10.2 Å². The Hall–Kier alpha value is -2.39. The summed E-state index contributed by atoms with van der Waals surface area (Å²) in [6.07, 6.45) is 0.833. The average Bonchev–Trinajstić information content (AvgIpc) is 3.39. The summed E-state index contributed by atoms with van der Waals surface area (Å²) >= 11 is 3.47. The zero-order valence-corrected chi connectivity index (χ0v) is 17.1. The highest BCUT2D eigenvalue weighted by atomic mass is 79.9. The molecule has 4 rings (SSSR count). The van der Waals surface area contributed by atoms with Crippen molar-refractivity contribution in [3.63, 3.8) is 0 Å². The van der Waals surface area contributed by atoms with Crippen LogP contribution in [0.3, 0.4) is 0 Å². The minimum Gasteiger partial charge on any atom is -0.326 e. The molecule has 1 fully saturated rings. The molecule has 0 unspecified atom stereocenters. The first-order valence-electron chi connectivity index (χ1n) is 9.20. The van der Waals surface area contributed by atoms with Crippen molar-refractivity contribution in [2.24, 2.45) is 5.92 Å². The smallest absolute Gasteiger partial charge is 0.228 e. The largest absolute Gasteiger partial charge is 0.326 e. The summed E-state index contributed by atoms with van der Waals surface area (Å²) in [5, 5.41) is 3.10. The predicted molar refractivity (Wildman–Crippen MR) is 114 cm³/mol. The molecule has 0 aromatic heterocycles. The van der Waals surface area contributed by atoms with Crippen LogP contribution in [0.2, 0.25) is 0 Å². The second-order valence-electron chi connectivity index (χ2n) is 7.47. The first kappa shape index (κ1) is 18.0. The van der Waals surface area contributed by atoms with Gasteiger partial charge in [-0.3, -0.25) is 4.79 Å². The third-order valence-corrected chi connectivity index (χ3v) is 5.93. The summed E-state index contributed by atoms with van der Waals surface area (Å²) < 4.78 is 0.958. The predicted octanol–water partition coefficient (Wildman–Crippen LogP) is 6.01. The average molecular weight is 420 g/mol. The fourth-order valence-corrected chi connectivity index (χ4v) is 4.42. The van der Waals surface area contributed by atoms with E-state index in [1.54, 1.807) is 0 Å². The number of benzene rings is 3. The number of hydrogen-bond donors (Lipinski definition) is 1. The van der Waals surface area contributed by atoms with E-state index in [9.17, 15) is 4.79 Å². The van der Waals surface area contributed by atoms with Crippen LogP contribution in [0.4, 0.5) is 5.69 Å². The Morgan fingerprint density at radius 1 is 0.926 bits per heavy atom. The van der Waals surface area contributed by atoms with Crippen molar-refractivity contribution in [3.8, 4) is 0 Å². The standard InChI is InChI=1S/C24H22BrNO/c1-16-6-3-8-18(12-16)24(19-9-4-7-17(2)13-19)15-22(24)23(27)26-21-11-5-10-20(25)14-21/h3-14,22H,15H2,1-2H3,(H,26,27)/t22-/m1/s1. The highest BCUT2D eigenvalue weighted by Crippen LogP contribution is 2.59. The van der Waals surface area contributed by atoms with Gasteiger partial charge >= 0.3 is 0 Å². The highest BCUT2D eigenvalue weighted by molar-refractivity contribution is 9.10. The van der Waals surface area contributed by atoms with Crippen LogP contribution in [0.5, 0.6) is 0 Å². The molecule has 0 saturated heterocycles. The second-order valence-corrected chi connectivity index (χ2v) is 8.38. The lowest BCUT2D eigenvalue weighted by Crippen LogP contribution is -2.22. The van der Waals surface area contributed by atoms with E-state index in [1.807, 2.05) is 24.3 Å². The van der Waals surface area contributed by atoms with Crippen molar-refractivity contribution in [1.29, 1.82) is 0 Å². The number of amides is 1. The molecule has 1 N–H and O–H groups in total. The molecular formula is C24H22BrNO. The van der Waals surface area contributed by atoms with E-state index in [-0.39, 0.29) is 17.2 Å². The Balaban J connectivity index is 1.70. The molecule has 1 aliphatic rings. The van der Waals surface area contributed by atoms with Gasteiger partial charge in [0.05, 0.1) is 5.92 Å². The summed E-state index contributed by atoms with van der Waals surface area (Å²) in [4.78, 5) is 13.1. The van der Waals surface area contributed by atoms with Gasteiger partial charge in [-0.05, 0) is 49.6 Å². The van der Waals surface area contributed by atoms with Gasteiger partial charge in [-0.2, -0.15) is 0 Å². The van der Waals surface area contributed by atoms with E-state index in [4.69, 9.17) is 0 Å². The summed E-state index contributed by atoms with van der Waals surface area (Å²) in [6, 6.07) is 24.9. The summed E-state index contributed by atoms with van der Waals surface area (Å²) in [5.41, 5.74) is 5.47. The van der Waals surface area contributed by atoms with Crippen LogP contribution in [0, 0.1) is 19.8 Å². The molecule has 1 atom stereocenters. The Kier molecular flexibility index (Phi) is 4.65. The van der Waals surface area contributed by atoms with E-state index in [0.29, 0.717) is 0 Å². The van der Waals surface area contributed by atoms with Crippen LogP contribution >= 0.6 is 15.9 Å². The summed E-state index contributed by atoms with van der Waals surface area (Å²) in [5.74, 6) is 0.0104. The second kappa shape index (κ2) is 6.97. The molecule has 0 bridgehead atoms. The lowest BCUT2D eigenvalue weighted by molar-refractivity contribution is -0.117. The fraction of sp³-hybridized carbons (Fsp3) is 0.208. The molecule has 3 heteroatoms. The fourth-order valence-electron chi connectivity index (χ4n) is 4.02. The maximum absolute atomic E-state index is 13.1. The molecule has 1 amide bonds. The van der Waals surface area contributed by atoms with Gasteiger partial charge in [-0.1, -0.05) is 81.7 Å². The number of carbonyl (C=O) groups excluding carboxylic acids is 1. The minimum atomic E-state index is -0.242. The SMILES string of the molecule is Cc1cccc(C2(c3cccc(C)c3)C[C@@H]2C(=O)Nc2cccc(Br)c2)c1. The number of hydrogen-bond acceptors (Lipinski definition) is 1. The first-order chi connectivity index (χ1) is 13.0. The van der Waals surface area contributed by atoms with E-state index in [1.165, 1.54) is 22.3 Å². The molecule has 1 saturated carbocycles. The van der Waals surface area contributed by atoms with Gasteiger partial charge in [-0.15, -0.1) is 0 Å². The van der Waals surface area contributed by atoms with Gasteiger partial charge in [0, 0.05) is 15.6 Å². The number of anilines is 1. The number of halogens is 1. The Morgan fingerprint density at radius 2 is 1.52 bits per heavy atom. The normalized spacial score (nSPS) is 17.4. The van der Waals surface area contributed by atoms with Crippen molar-refractivity contribution in [2.75, 3.05) is 5.32 Å². The van der Waals surface area contributed by atoms with Gasteiger partial charge in [0.1, 0.15) is 0 Å². The van der Waals surface area contributed by atoms with E-state index in [0.717, 1.165) is 16.6 Å². The van der Waals surface area contributed by atoms with Crippen molar-refractivity contribution in [2.45, 2.75) is 25.7 Å². The van der Waals surface area contributed by atoms with Crippen LogP contribution in [-0.4, -0.2) is 5.91 Å². The lowest BCUT2D eigenvalue weighted by atomic mass is 9.84. The molecular weight excluding hydrogens is 398 g/mol. The molecule has 0 spiro atoms. The summed E-state index contributed by atoms with van der Waals surface area (Å²) in [7, 11) is 0. The molecule has 27 heavy (non-hydrogen) atoms. The monoisotopic (exact) mass is 419 g/mol. The van der Waals surface area contributed by atoms with E-state index >= 15 is 0 Å². The zero-order valence-electron chi connectivity index (χ0n) is 15.5. The minimum absolute atomic E-state index is 0.0694. The van der Waals surface area contributed by atoms with Gasteiger partial charge in [-0.25, -0.2) is 0 Å². The Morgan fingerprint density at radius 3 is 2.07 bits per heavy atom. The van der Waals surface area contributed by atoms with Gasteiger partial charge in [0.2, 0.25) is 5.91 Å². The van der Waals surface area contributed by atoms with Crippen molar-refractivity contribution in [3.05, 3.63) is 99.5 Å². The lowest BCUT2D eigenvalue weighted by Gasteiger charge is -2.20. The van der Waals surface area contributed by atoms with E-state index < -0.39 is 0 Å². The molecule has 3 aromatic carbocycles. The number of aryl methyl sites for hydroxylation is 2. The molecule has 0 aliphatic heterocycles. The number of carbonyl (C=O) groups is 1. The molecule has 136 valence electrons.